The van der Waals surface area contributed by atoms with Crippen LogP contribution in [0.4, 0.5) is 0 Å². The maximum absolute atomic E-state index is 11.1. The lowest BCUT2D eigenvalue weighted by atomic mass is 9.96. The molecule has 1 saturated carbocycles. The molecule has 1 aliphatic carbocycles. The maximum Gasteiger partial charge on any atom is 0.306 e. The summed E-state index contributed by atoms with van der Waals surface area (Å²) < 4.78 is 0. The van der Waals surface area contributed by atoms with Gasteiger partial charge in [0.15, 0.2) is 0 Å². The summed E-state index contributed by atoms with van der Waals surface area (Å²) in [7, 11) is 0. The predicted molar refractivity (Wildman–Crippen MR) is 77.8 cm³/mol. The summed E-state index contributed by atoms with van der Waals surface area (Å²) >= 11 is 0. The quantitative estimate of drug-likeness (QED) is 0.773. The summed E-state index contributed by atoms with van der Waals surface area (Å²) in [6, 6.07) is 3.94. The molecule has 20 heavy (non-hydrogen) atoms. The first kappa shape index (κ1) is 14.9. The highest BCUT2D eigenvalue weighted by molar-refractivity contribution is 5.70. The molecule has 1 aromatic rings. The topological polar surface area (TPSA) is 69.6 Å². The minimum atomic E-state index is -0.661. The van der Waals surface area contributed by atoms with Gasteiger partial charge in [-0.1, -0.05) is 18.6 Å². The Morgan fingerprint density at radius 3 is 2.55 bits per heavy atom. The van der Waals surface area contributed by atoms with Crippen LogP contribution >= 0.6 is 0 Å². The SMILES string of the molecule is Cc1cc(CNCC2CCCC2C(=O)O)cc(C)c1O. The van der Waals surface area contributed by atoms with Gasteiger partial charge in [-0.3, -0.25) is 4.79 Å². The zero-order chi connectivity index (χ0) is 14.7. The van der Waals surface area contributed by atoms with Crippen molar-refractivity contribution in [3.05, 3.63) is 28.8 Å². The largest absolute Gasteiger partial charge is 0.507 e. The van der Waals surface area contributed by atoms with Crippen molar-refractivity contribution in [2.45, 2.75) is 39.7 Å². The molecule has 0 saturated heterocycles. The summed E-state index contributed by atoms with van der Waals surface area (Å²) in [5.41, 5.74) is 2.89. The molecular weight excluding hydrogens is 254 g/mol. The van der Waals surface area contributed by atoms with Crippen LogP contribution in [0.3, 0.4) is 0 Å². The standard InChI is InChI=1S/C16H23NO3/c1-10-6-12(7-11(2)15(10)18)8-17-9-13-4-3-5-14(13)16(19)20/h6-7,13-14,17-18H,3-5,8-9H2,1-2H3,(H,19,20). The van der Waals surface area contributed by atoms with E-state index in [9.17, 15) is 9.90 Å². The minimum Gasteiger partial charge on any atom is -0.507 e. The average Bonchev–Trinajstić information content (AvgIpc) is 2.84. The minimum absolute atomic E-state index is 0.189. The molecule has 2 unspecified atom stereocenters. The third-order valence-corrected chi connectivity index (χ3v) is 4.26. The van der Waals surface area contributed by atoms with Crippen LogP contribution in [-0.2, 0) is 11.3 Å². The monoisotopic (exact) mass is 277 g/mol. The van der Waals surface area contributed by atoms with Crippen LogP contribution in [-0.4, -0.2) is 22.7 Å². The Labute approximate surface area is 119 Å². The van der Waals surface area contributed by atoms with Gasteiger partial charge < -0.3 is 15.5 Å². The van der Waals surface area contributed by atoms with Gasteiger partial charge in [0.05, 0.1) is 5.92 Å². The van der Waals surface area contributed by atoms with Crippen molar-refractivity contribution < 1.29 is 15.0 Å². The van der Waals surface area contributed by atoms with Gasteiger partial charge in [0.2, 0.25) is 0 Å². The van der Waals surface area contributed by atoms with Gasteiger partial charge in [-0.25, -0.2) is 0 Å². The molecule has 2 atom stereocenters. The van der Waals surface area contributed by atoms with Crippen LogP contribution < -0.4 is 5.32 Å². The van der Waals surface area contributed by atoms with Crippen LogP contribution in [0.2, 0.25) is 0 Å². The van der Waals surface area contributed by atoms with E-state index in [1.807, 2.05) is 26.0 Å². The van der Waals surface area contributed by atoms with Crippen molar-refractivity contribution in [1.82, 2.24) is 5.32 Å². The van der Waals surface area contributed by atoms with Gasteiger partial charge in [-0.15, -0.1) is 0 Å². The molecule has 4 nitrogen and oxygen atoms in total. The number of carboxylic acids is 1. The highest BCUT2D eigenvalue weighted by atomic mass is 16.4. The number of hydrogen-bond donors (Lipinski definition) is 3. The van der Waals surface area contributed by atoms with Gasteiger partial charge in [0, 0.05) is 6.54 Å². The lowest BCUT2D eigenvalue weighted by molar-refractivity contribution is -0.142. The highest BCUT2D eigenvalue weighted by Gasteiger charge is 2.32. The van der Waals surface area contributed by atoms with Crippen LogP contribution in [0.25, 0.3) is 0 Å². The fourth-order valence-electron chi connectivity index (χ4n) is 3.16. The second-order valence-electron chi connectivity index (χ2n) is 5.84. The third kappa shape index (κ3) is 3.31. The first-order valence-corrected chi connectivity index (χ1v) is 7.21. The van der Waals surface area contributed by atoms with Crippen LogP contribution in [0.15, 0.2) is 12.1 Å². The Morgan fingerprint density at radius 2 is 1.95 bits per heavy atom. The van der Waals surface area contributed by atoms with E-state index in [0.717, 1.165) is 42.5 Å². The fraction of sp³-hybridized carbons (Fsp3) is 0.562. The molecule has 2 rings (SSSR count). The van der Waals surface area contributed by atoms with Crippen molar-refractivity contribution in [3.8, 4) is 5.75 Å². The number of phenolic OH excluding ortho intramolecular Hbond substituents is 1. The number of nitrogens with one attached hydrogen (secondary N) is 1. The van der Waals surface area contributed by atoms with Gasteiger partial charge in [0.25, 0.3) is 0 Å². The second kappa shape index (κ2) is 6.27. The Bertz CT molecular complexity index is 475. The molecule has 1 aliphatic rings. The van der Waals surface area contributed by atoms with E-state index in [4.69, 9.17) is 5.11 Å². The van der Waals surface area contributed by atoms with Crippen molar-refractivity contribution in [2.75, 3.05) is 6.54 Å². The van der Waals surface area contributed by atoms with Gasteiger partial charge in [-0.05, 0) is 55.8 Å². The smallest absolute Gasteiger partial charge is 0.306 e. The fourth-order valence-corrected chi connectivity index (χ4v) is 3.16. The summed E-state index contributed by atoms with van der Waals surface area (Å²) in [5.74, 6) is -0.251. The van der Waals surface area contributed by atoms with E-state index in [0.29, 0.717) is 12.3 Å². The molecule has 3 N–H and O–H groups in total. The van der Waals surface area contributed by atoms with Crippen molar-refractivity contribution in [1.29, 1.82) is 0 Å². The number of hydrogen-bond acceptors (Lipinski definition) is 3. The Morgan fingerprint density at radius 1 is 1.30 bits per heavy atom. The number of benzene rings is 1. The zero-order valence-corrected chi connectivity index (χ0v) is 12.1. The van der Waals surface area contributed by atoms with Gasteiger partial charge >= 0.3 is 5.97 Å². The molecule has 4 heteroatoms. The normalized spacial score (nSPS) is 22.1. The summed E-state index contributed by atoms with van der Waals surface area (Å²) in [5, 5.41) is 22.2. The van der Waals surface area contributed by atoms with E-state index in [1.54, 1.807) is 0 Å². The summed E-state index contributed by atoms with van der Waals surface area (Å²) in [6.45, 7) is 5.24. The first-order valence-electron chi connectivity index (χ1n) is 7.21. The lowest BCUT2D eigenvalue weighted by Gasteiger charge is -2.16. The number of phenols is 1. The maximum atomic E-state index is 11.1. The second-order valence-corrected chi connectivity index (χ2v) is 5.84. The van der Waals surface area contributed by atoms with E-state index in [1.165, 1.54) is 0 Å². The number of aliphatic carboxylic acids is 1. The average molecular weight is 277 g/mol. The van der Waals surface area contributed by atoms with Gasteiger partial charge in [-0.2, -0.15) is 0 Å². The Balaban J connectivity index is 1.88. The van der Waals surface area contributed by atoms with Gasteiger partial charge in [0.1, 0.15) is 5.75 Å². The predicted octanol–water partition coefficient (Wildman–Crippen LogP) is 2.60. The highest BCUT2D eigenvalue weighted by Crippen LogP contribution is 2.31. The van der Waals surface area contributed by atoms with Crippen molar-refractivity contribution in [3.63, 3.8) is 0 Å². The van der Waals surface area contributed by atoms with Crippen molar-refractivity contribution >= 4 is 5.97 Å². The van der Waals surface area contributed by atoms with Crippen molar-refractivity contribution in [2.24, 2.45) is 11.8 Å². The summed E-state index contributed by atoms with van der Waals surface area (Å²) in [4.78, 5) is 11.1. The molecule has 0 aliphatic heterocycles. The van der Waals surface area contributed by atoms with Crippen LogP contribution in [0.1, 0.15) is 36.0 Å². The number of rotatable bonds is 5. The molecule has 0 amide bonds. The molecule has 0 heterocycles. The van der Waals surface area contributed by atoms with E-state index in [2.05, 4.69) is 5.32 Å². The van der Waals surface area contributed by atoms with Crippen LogP contribution in [0.5, 0.6) is 5.75 Å². The first-order chi connectivity index (χ1) is 9.49. The Kier molecular flexibility index (Phi) is 4.65. The van der Waals surface area contributed by atoms with E-state index >= 15 is 0 Å². The molecule has 0 spiro atoms. The van der Waals surface area contributed by atoms with Crippen LogP contribution in [0, 0.1) is 25.7 Å². The van der Waals surface area contributed by atoms with E-state index in [-0.39, 0.29) is 11.8 Å². The molecule has 110 valence electrons. The number of carboxylic acid groups (broad SMARTS) is 1. The van der Waals surface area contributed by atoms with E-state index < -0.39 is 5.97 Å². The lowest BCUT2D eigenvalue weighted by Crippen LogP contribution is -2.28. The molecule has 0 bridgehead atoms. The molecule has 0 aromatic heterocycles. The third-order valence-electron chi connectivity index (χ3n) is 4.26. The number of carbonyl (C=O) groups is 1. The molecule has 0 radical (unpaired) electrons. The molecule has 1 fully saturated rings. The molecular formula is C16H23NO3. The number of aryl methyl sites for hydroxylation is 2. The Hall–Kier alpha value is -1.55. The molecule has 1 aromatic carbocycles. The zero-order valence-electron chi connectivity index (χ0n) is 12.1. The summed E-state index contributed by atoms with van der Waals surface area (Å²) in [6.07, 6.45) is 2.82. The number of aromatic hydroxyl groups is 1.